The normalized spacial score (nSPS) is 14.8. The summed E-state index contributed by atoms with van der Waals surface area (Å²) in [5.41, 5.74) is 4.07. The third-order valence-corrected chi connectivity index (χ3v) is 3.23. The Balaban J connectivity index is 2.73. The number of rotatable bonds is 6. The summed E-state index contributed by atoms with van der Waals surface area (Å²) in [6, 6.07) is 8.36. The van der Waals surface area contributed by atoms with Gasteiger partial charge in [0, 0.05) is 24.2 Å². The minimum atomic E-state index is 0.160. The minimum Gasteiger partial charge on any atom is -0.385 e. The molecular formula is C12H19BrN2O. The molecule has 3 N–H and O–H groups in total. The van der Waals surface area contributed by atoms with E-state index in [0.29, 0.717) is 5.92 Å². The number of benzene rings is 1. The average Bonchev–Trinajstić information content (AvgIpc) is 2.27. The number of ether oxygens (including phenoxy) is 1. The highest BCUT2D eigenvalue weighted by Crippen LogP contribution is 2.25. The van der Waals surface area contributed by atoms with Crippen molar-refractivity contribution in [2.45, 2.75) is 19.4 Å². The highest BCUT2D eigenvalue weighted by Gasteiger charge is 2.17. The molecule has 0 spiro atoms. The fourth-order valence-corrected chi connectivity index (χ4v) is 2.18. The predicted octanol–water partition coefficient (Wildman–Crippen LogP) is 2.63. The van der Waals surface area contributed by atoms with Crippen LogP contribution in [0.1, 0.15) is 24.9 Å². The molecule has 1 rings (SSSR count). The van der Waals surface area contributed by atoms with E-state index in [0.717, 1.165) is 17.5 Å². The second kappa shape index (κ2) is 7.01. The summed E-state index contributed by atoms with van der Waals surface area (Å²) in [5, 5.41) is 0. The van der Waals surface area contributed by atoms with Gasteiger partial charge >= 0.3 is 0 Å². The van der Waals surface area contributed by atoms with E-state index in [1.807, 2.05) is 12.1 Å². The molecule has 4 heteroatoms. The summed E-state index contributed by atoms with van der Waals surface area (Å²) in [7, 11) is 1.72. The van der Waals surface area contributed by atoms with Gasteiger partial charge in [0.25, 0.3) is 0 Å². The molecule has 0 aliphatic carbocycles. The summed E-state index contributed by atoms with van der Waals surface area (Å²) >= 11 is 3.47. The smallest absolute Gasteiger partial charge is 0.0486 e. The third kappa shape index (κ3) is 3.87. The Bertz CT molecular complexity index is 320. The standard InChI is InChI=1S/C12H19BrN2O/c1-9(6-7-16-2)12(15-14)10-4-3-5-11(13)8-10/h3-5,8-9,12,15H,6-7,14H2,1-2H3. The van der Waals surface area contributed by atoms with Crippen LogP contribution in [-0.2, 0) is 4.74 Å². The van der Waals surface area contributed by atoms with Gasteiger partial charge in [0.15, 0.2) is 0 Å². The number of halogens is 1. The van der Waals surface area contributed by atoms with Gasteiger partial charge in [-0.15, -0.1) is 0 Å². The molecule has 0 bridgehead atoms. The van der Waals surface area contributed by atoms with E-state index in [9.17, 15) is 0 Å². The molecule has 0 aromatic heterocycles. The van der Waals surface area contributed by atoms with Crippen LogP contribution in [0.2, 0.25) is 0 Å². The van der Waals surface area contributed by atoms with Gasteiger partial charge in [-0.25, -0.2) is 0 Å². The van der Waals surface area contributed by atoms with E-state index >= 15 is 0 Å². The molecule has 0 saturated carbocycles. The zero-order chi connectivity index (χ0) is 12.0. The number of hydrogen-bond acceptors (Lipinski definition) is 3. The zero-order valence-electron chi connectivity index (χ0n) is 9.74. The molecule has 1 aromatic rings. The lowest BCUT2D eigenvalue weighted by Crippen LogP contribution is -2.33. The third-order valence-electron chi connectivity index (χ3n) is 2.73. The summed E-state index contributed by atoms with van der Waals surface area (Å²) in [5.74, 6) is 6.05. The van der Waals surface area contributed by atoms with E-state index in [1.165, 1.54) is 5.56 Å². The first-order valence-electron chi connectivity index (χ1n) is 5.39. The summed E-state index contributed by atoms with van der Waals surface area (Å²) in [6.45, 7) is 2.93. The first-order chi connectivity index (χ1) is 7.69. The van der Waals surface area contributed by atoms with Crippen LogP contribution in [0.3, 0.4) is 0 Å². The fraction of sp³-hybridized carbons (Fsp3) is 0.500. The van der Waals surface area contributed by atoms with Crippen molar-refractivity contribution in [3.63, 3.8) is 0 Å². The van der Waals surface area contributed by atoms with Gasteiger partial charge in [0.1, 0.15) is 0 Å². The van der Waals surface area contributed by atoms with Crippen LogP contribution in [0.15, 0.2) is 28.7 Å². The molecular weight excluding hydrogens is 268 g/mol. The summed E-state index contributed by atoms with van der Waals surface area (Å²) < 4.78 is 6.16. The van der Waals surface area contributed by atoms with Crippen LogP contribution in [0.4, 0.5) is 0 Å². The van der Waals surface area contributed by atoms with Crippen LogP contribution < -0.4 is 11.3 Å². The van der Waals surface area contributed by atoms with Gasteiger partial charge in [-0.2, -0.15) is 0 Å². The second-order valence-electron chi connectivity index (χ2n) is 3.96. The second-order valence-corrected chi connectivity index (χ2v) is 4.87. The van der Waals surface area contributed by atoms with Crippen molar-refractivity contribution in [2.24, 2.45) is 11.8 Å². The molecule has 16 heavy (non-hydrogen) atoms. The highest BCUT2D eigenvalue weighted by atomic mass is 79.9. The molecule has 1 aromatic carbocycles. The van der Waals surface area contributed by atoms with Gasteiger partial charge in [0.2, 0.25) is 0 Å². The van der Waals surface area contributed by atoms with Crippen LogP contribution in [-0.4, -0.2) is 13.7 Å². The summed E-state index contributed by atoms with van der Waals surface area (Å²) in [4.78, 5) is 0. The van der Waals surface area contributed by atoms with Crippen LogP contribution in [0.5, 0.6) is 0 Å². The maximum atomic E-state index is 5.62. The molecule has 0 aliphatic heterocycles. The molecule has 0 fully saturated rings. The molecule has 0 amide bonds. The Morgan fingerprint density at radius 2 is 2.25 bits per heavy atom. The number of nitrogens with one attached hydrogen (secondary N) is 1. The molecule has 0 saturated heterocycles. The Labute approximate surface area is 105 Å². The SMILES string of the molecule is COCCC(C)C(NN)c1cccc(Br)c1. The Morgan fingerprint density at radius 1 is 1.50 bits per heavy atom. The van der Waals surface area contributed by atoms with Gasteiger partial charge in [0.05, 0.1) is 0 Å². The maximum Gasteiger partial charge on any atom is 0.0486 e. The lowest BCUT2D eigenvalue weighted by molar-refractivity contribution is 0.170. The zero-order valence-corrected chi connectivity index (χ0v) is 11.3. The maximum absolute atomic E-state index is 5.62. The number of hydrazine groups is 1. The van der Waals surface area contributed by atoms with Crippen molar-refractivity contribution in [3.8, 4) is 0 Å². The first kappa shape index (κ1) is 13.6. The van der Waals surface area contributed by atoms with Crippen molar-refractivity contribution in [1.82, 2.24) is 5.43 Å². The summed E-state index contributed by atoms with van der Waals surface area (Å²) in [6.07, 6.45) is 0.984. The van der Waals surface area contributed by atoms with E-state index in [4.69, 9.17) is 10.6 Å². The van der Waals surface area contributed by atoms with E-state index < -0.39 is 0 Å². The number of nitrogens with two attached hydrogens (primary N) is 1. The topological polar surface area (TPSA) is 47.3 Å². The average molecular weight is 287 g/mol. The van der Waals surface area contributed by atoms with E-state index in [-0.39, 0.29) is 6.04 Å². The number of methoxy groups -OCH3 is 1. The molecule has 90 valence electrons. The molecule has 2 atom stereocenters. The van der Waals surface area contributed by atoms with Gasteiger partial charge in [-0.3, -0.25) is 11.3 Å². The molecule has 0 radical (unpaired) electrons. The molecule has 0 heterocycles. The molecule has 3 nitrogen and oxygen atoms in total. The van der Waals surface area contributed by atoms with Gasteiger partial charge < -0.3 is 4.74 Å². The largest absolute Gasteiger partial charge is 0.385 e. The highest BCUT2D eigenvalue weighted by molar-refractivity contribution is 9.10. The van der Waals surface area contributed by atoms with Crippen LogP contribution in [0, 0.1) is 5.92 Å². The lowest BCUT2D eigenvalue weighted by atomic mass is 9.93. The van der Waals surface area contributed by atoms with E-state index in [1.54, 1.807) is 7.11 Å². The van der Waals surface area contributed by atoms with Crippen molar-refractivity contribution < 1.29 is 4.74 Å². The molecule has 2 unspecified atom stereocenters. The predicted molar refractivity (Wildman–Crippen MR) is 69.9 cm³/mol. The minimum absolute atomic E-state index is 0.160. The lowest BCUT2D eigenvalue weighted by Gasteiger charge is -2.23. The van der Waals surface area contributed by atoms with Crippen LogP contribution >= 0.6 is 15.9 Å². The van der Waals surface area contributed by atoms with E-state index in [2.05, 4.69) is 40.4 Å². The van der Waals surface area contributed by atoms with Crippen LogP contribution in [0.25, 0.3) is 0 Å². The van der Waals surface area contributed by atoms with Gasteiger partial charge in [-0.1, -0.05) is 35.0 Å². The number of hydrogen-bond donors (Lipinski definition) is 2. The Kier molecular flexibility index (Phi) is 5.98. The molecule has 0 aliphatic rings. The first-order valence-corrected chi connectivity index (χ1v) is 6.19. The van der Waals surface area contributed by atoms with Crippen molar-refractivity contribution in [2.75, 3.05) is 13.7 Å². The van der Waals surface area contributed by atoms with Crippen molar-refractivity contribution >= 4 is 15.9 Å². The van der Waals surface area contributed by atoms with Crippen molar-refractivity contribution in [3.05, 3.63) is 34.3 Å². The van der Waals surface area contributed by atoms with Crippen molar-refractivity contribution in [1.29, 1.82) is 0 Å². The Hall–Kier alpha value is -0.420. The fourth-order valence-electron chi connectivity index (χ4n) is 1.76. The Morgan fingerprint density at radius 3 is 2.81 bits per heavy atom. The van der Waals surface area contributed by atoms with Gasteiger partial charge in [-0.05, 0) is 30.0 Å². The quantitative estimate of drug-likeness (QED) is 0.624. The monoisotopic (exact) mass is 286 g/mol.